The van der Waals surface area contributed by atoms with Crippen molar-refractivity contribution in [2.45, 2.75) is 18.9 Å². The standard InChI is InChI=1S/C11H13N5O2S/c17-11(18)15-8-2-1-3-16(5-8)10-9(14-7-19)4-12-6-13-10/h4,6,8,15H,1-3,5H2,(H,17,18)/t8-/m0/s1. The van der Waals surface area contributed by atoms with Gasteiger partial charge in [-0.15, -0.1) is 0 Å². The van der Waals surface area contributed by atoms with Gasteiger partial charge < -0.3 is 15.3 Å². The third-order valence-electron chi connectivity index (χ3n) is 2.89. The Labute approximate surface area is 115 Å². The SMILES string of the molecule is O=C(O)N[C@H]1CCCN(c2ncncc2N=C=S)C1. The Kier molecular flexibility index (Phi) is 4.38. The fourth-order valence-corrected chi connectivity index (χ4v) is 2.25. The van der Waals surface area contributed by atoms with Gasteiger partial charge in [0.1, 0.15) is 12.0 Å². The largest absolute Gasteiger partial charge is 0.465 e. The molecule has 1 aromatic heterocycles. The van der Waals surface area contributed by atoms with Crippen molar-refractivity contribution in [2.75, 3.05) is 18.0 Å². The van der Waals surface area contributed by atoms with Crippen LogP contribution in [0.1, 0.15) is 12.8 Å². The summed E-state index contributed by atoms with van der Waals surface area (Å²) in [7, 11) is 0. The molecule has 1 amide bonds. The monoisotopic (exact) mass is 279 g/mol. The molecule has 2 N–H and O–H groups in total. The summed E-state index contributed by atoms with van der Waals surface area (Å²) in [6.45, 7) is 1.36. The summed E-state index contributed by atoms with van der Waals surface area (Å²) in [4.78, 5) is 24.7. The van der Waals surface area contributed by atoms with Crippen LogP contribution in [-0.4, -0.2) is 45.5 Å². The number of hydrogen-bond donors (Lipinski definition) is 2. The van der Waals surface area contributed by atoms with Crippen LogP contribution in [-0.2, 0) is 0 Å². The van der Waals surface area contributed by atoms with Crippen LogP contribution in [0.15, 0.2) is 17.5 Å². The van der Waals surface area contributed by atoms with Gasteiger partial charge in [0.25, 0.3) is 0 Å². The molecular weight excluding hydrogens is 266 g/mol. The number of anilines is 1. The minimum absolute atomic E-state index is 0.106. The van der Waals surface area contributed by atoms with Crippen LogP contribution in [0, 0.1) is 0 Å². The maximum atomic E-state index is 10.7. The number of hydrogen-bond acceptors (Lipinski definition) is 6. The molecule has 1 atom stereocenters. The van der Waals surface area contributed by atoms with Gasteiger partial charge in [-0.2, -0.15) is 4.99 Å². The number of rotatable bonds is 3. The molecule has 0 bridgehead atoms. The molecule has 0 unspecified atom stereocenters. The molecular formula is C11H13N5O2S. The smallest absolute Gasteiger partial charge is 0.404 e. The molecule has 1 aliphatic heterocycles. The highest BCUT2D eigenvalue weighted by Crippen LogP contribution is 2.26. The first-order valence-corrected chi connectivity index (χ1v) is 6.24. The molecule has 7 nitrogen and oxygen atoms in total. The van der Waals surface area contributed by atoms with Crippen LogP contribution >= 0.6 is 12.2 Å². The van der Waals surface area contributed by atoms with Crippen LogP contribution in [0.5, 0.6) is 0 Å². The Morgan fingerprint density at radius 2 is 2.53 bits per heavy atom. The molecule has 1 aliphatic rings. The lowest BCUT2D eigenvalue weighted by Crippen LogP contribution is -2.47. The van der Waals surface area contributed by atoms with E-state index in [4.69, 9.17) is 5.11 Å². The Hall–Kier alpha value is -2.05. The molecule has 0 aromatic carbocycles. The maximum absolute atomic E-state index is 10.7. The number of nitrogens with one attached hydrogen (secondary N) is 1. The van der Waals surface area contributed by atoms with Gasteiger partial charge in [-0.05, 0) is 25.1 Å². The van der Waals surface area contributed by atoms with Crippen LogP contribution in [0.25, 0.3) is 0 Å². The zero-order chi connectivity index (χ0) is 13.7. The molecule has 1 aromatic rings. The summed E-state index contributed by atoms with van der Waals surface area (Å²) in [5, 5.41) is 13.6. The van der Waals surface area contributed by atoms with E-state index in [9.17, 15) is 4.79 Å². The van der Waals surface area contributed by atoms with Gasteiger partial charge in [-0.3, -0.25) is 0 Å². The van der Waals surface area contributed by atoms with Crippen molar-refractivity contribution < 1.29 is 9.90 Å². The topological polar surface area (TPSA) is 90.7 Å². The predicted molar refractivity (Wildman–Crippen MR) is 73.1 cm³/mol. The van der Waals surface area contributed by atoms with E-state index in [0.717, 1.165) is 19.4 Å². The van der Waals surface area contributed by atoms with E-state index in [-0.39, 0.29) is 6.04 Å². The van der Waals surface area contributed by atoms with Crippen molar-refractivity contribution >= 4 is 35.0 Å². The lowest BCUT2D eigenvalue weighted by Gasteiger charge is -2.33. The molecule has 100 valence electrons. The first-order chi connectivity index (χ1) is 9.20. The average molecular weight is 279 g/mol. The minimum Gasteiger partial charge on any atom is -0.465 e. The number of aliphatic imine (C=N–C) groups is 1. The van der Waals surface area contributed by atoms with Crippen molar-refractivity contribution in [3.05, 3.63) is 12.5 Å². The Balaban J connectivity index is 2.17. The Bertz CT molecular complexity index is 518. The van der Waals surface area contributed by atoms with E-state index < -0.39 is 6.09 Å². The molecule has 2 heterocycles. The molecule has 0 spiro atoms. The second kappa shape index (κ2) is 6.21. The molecule has 8 heteroatoms. The maximum Gasteiger partial charge on any atom is 0.404 e. The number of carboxylic acid groups (broad SMARTS) is 1. The highest BCUT2D eigenvalue weighted by atomic mass is 32.1. The second-order valence-electron chi connectivity index (χ2n) is 4.17. The van der Waals surface area contributed by atoms with Gasteiger partial charge in [-0.1, -0.05) is 0 Å². The number of aromatic nitrogens is 2. The quantitative estimate of drug-likeness (QED) is 0.643. The summed E-state index contributed by atoms with van der Waals surface area (Å²) >= 11 is 4.59. The van der Waals surface area contributed by atoms with Gasteiger partial charge in [0, 0.05) is 19.1 Å². The minimum atomic E-state index is -1.01. The van der Waals surface area contributed by atoms with Crippen LogP contribution in [0.3, 0.4) is 0 Å². The molecule has 1 saturated heterocycles. The zero-order valence-electron chi connectivity index (χ0n) is 10.1. The number of nitrogens with zero attached hydrogens (tertiary/aromatic N) is 4. The molecule has 1 fully saturated rings. The lowest BCUT2D eigenvalue weighted by molar-refractivity contribution is 0.188. The van der Waals surface area contributed by atoms with E-state index in [0.29, 0.717) is 18.1 Å². The van der Waals surface area contributed by atoms with E-state index in [1.165, 1.54) is 6.33 Å². The fraction of sp³-hybridized carbons (Fsp3) is 0.455. The van der Waals surface area contributed by atoms with Crippen LogP contribution in [0.4, 0.5) is 16.3 Å². The number of thiocarbonyl (C=S) groups is 1. The van der Waals surface area contributed by atoms with E-state index in [1.807, 2.05) is 4.90 Å². The first-order valence-electron chi connectivity index (χ1n) is 5.83. The van der Waals surface area contributed by atoms with Gasteiger partial charge in [0.15, 0.2) is 5.82 Å². The predicted octanol–water partition coefficient (Wildman–Crippen LogP) is 1.45. The summed E-state index contributed by atoms with van der Waals surface area (Å²) in [6.07, 6.45) is 3.70. The van der Waals surface area contributed by atoms with Crippen molar-refractivity contribution in [1.82, 2.24) is 15.3 Å². The van der Waals surface area contributed by atoms with Crippen molar-refractivity contribution in [1.29, 1.82) is 0 Å². The summed E-state index contributed by atoms with van der Waals surface area (Å²) in [6, 6.07) is -0.106. The highest BCUT2D eigenvalue weighted by molar-refractivity contribution is 7.78. The molecule has 0 aliphatic carbocycles. The van der Waals surface area contributed by atoms with Crippen LogP contribution in [0.2, 0.25) is 0 Å². The zero-order valence-corrected chi connectivity index (χ0v) is 10.9. The number of piperidine rings is 1. The second-order valence-corrected chi connectivity index (χ2v) is 4.35. The average Bonchev–Trinajstić information content (AvgIpc) is 2.39. The van der Waals surface area contributed by atoms with Crippen molar-refractivity contribution in [3.8, 4) is 0 Å². The van der Waals surface area contributed by atoms with E-state index >= 15 is 0 Å². The normalized spacial score (nSPS) is 18.5. The molecule has 19 heavy (non-hydrogen) atoms. The first kappa shape index (κ1) is 13.4. The number of isothiocyanates is 1. The third kappa shape index (κ3) is 3.46. The molecule has 0 saturated carbocycles. The Morgan fingerprint density at radius 3 is 3.26 bits per heavy atom. The van der Waals surface area contributed by atoms with Crippen molar-refractivity contribution in [3.63, 3.8) is 0 Å². The summed E-state index contributed by atoms with van der Waals surface area (Å²) in [5.74, 6) is 0.657. The summed E-state index contributed by atoms with van der Waals surface area (Å²) < 4.78 is 0. The van der Waals surface area contributed by atoms with E-state index in [1.54, 1.807) is 6.20 Å². The number of amides is 1. The van der Waals surface area contributed by atoms with Gasteiger partial charge in [0.05, 0.1) is 11.4 Å². The molecule has 0 radical (unpaired) electrons. The van der Waals surface area contributed by atoms with Crippen molar-refractivity contribution in [2.24, 2.45) is 4.99 Å². The van der Waals surface area contributed by atoms with Crippen LogP contribution < -0.4 is 10.2 Å². The number of carbonyl (C=O) groups is 1. The highest BCUT2D eigenvalue weighted by Gasteiger charge is 2.23. The van der Waals surface area contributed by atoms with Gasteiger partial charge in [0.2, 0.25) is 0 Å². The van der Waals surface area contributed by atoms with Gasteiger partial charge >= 0.3 is 6.09 Å². The van der Waals surface area contributed by atoms with Gasteiger partial charge in [-0.25, -0.2) is 14.8 Å². The summed E-state index contributed by atoms with van der Waals surface area (Å²) in [5.41, 5.74) is 0.550. The lowest BCUT2D eigenvalue weighted by atomic mass is 10.1. The van der Waals surface area contributed by atoms with E-state index in [2.05, 4.69) is 37.7 Å². The molecule has 2 rings (SSSR count). The fourth-order valence-electron chi connectivity index (χ4n) is 2.15. The third-order valence-corrected chi connectivity index (χ3v) is 2.98. The Morgan fingerprint density at radius 1 is 1.68 bits per heavy atom.